The van der Waals surface area contributed by atoms with Gasteiger partial charge in [0, 0.05) is 5.92 Å². The molecule has 1 heterocycles. The molecule has 0 aromatic heterocycles. The molecule has 5 atom stereocenters. The highest BCUT2D eigenvalue weighted by Crippen LogP contribution is 2.31. The number of aliphatic hydroxyl groups excluding tert-OH is 1. The Labute approximate surface area is 113 Å². The summed E-state index contributed by atoms with van der Waals surface area (Å²) >= 11 is 0. The van der Waals surface area contributed by atoms with Crippen LogP contribution in [-0.2, 0) is 16.1 Å². The average Bonchev–Trinajstić information content (AvgIpc) is 2.43. The zero-order valence-corrected chi connectivity index (χ0v) is 11.3. The van der Waals surface area contributed by atoms with Gasteiger partial charge in [-0.25, -0.2) is 4.39 Å². The molecule has 4 heteroatoms. The Kier molecular flexibility index (Phi) is 4.91. The van der Waals surface area contributed by atoms with E-state index in [-0.39, 0.29) is 18.4 Å². The van der Waals surface area contributed by atoms with Gasteiger partial charge in [-0.15, -0.1) is 0 Å². The van der Waals surface area contributed by atoms with E-state index < -0.39 is 18.6 Å². The van der Waals surface area contributed by atoms with Gasteiger partial charge in [0.1, 0.15) is 12.3 Å². The second-order valence-corrected chi connectivity index (χ2v) is 5.23. The molecule has 1 aliphatic rings. The number of benzene rings is 1. The van der Waals surface area contributed by atoms with Crippen LogP contribution >= 0.6 is 0 Å². The first-order valence-corrected chi connectivity index (χ1v) is 6.69. The largest absolute Gasteiger partial charge is 0.374 e. The molecule has 1 N–H and O–H groups in total. The van der Waals surface area contributed by atoms with E-state index in [4.69, 9.17) is 9.47 Å². The molecule has 3 nitrogen and oxygen atoms in total. The van der Waals surface area contributed by atoms with Gasteiger partial charge in [-0.05, 0) is 11.5 Å². The summed E-state index contributed by atoms with van der Waals surface area (Å²) in [5, 5.41) is 9.71. The predicted octanol–water partition coefficient (Wildman–Crippen LogP) is 2.53. The summed E-state index contributed by atoms with van der Waals surface area (Å²) in [5.74, 6) is -0.422. The van der Waals surface area contributed by atoms with Crippen molar-refractivity contribution in [3.05, 3.63) is 35.9 Å². The lowest BCUT2D eigenvalue weighted by Gasteiger charge is -2.38. The number of alkyl halides is 1. The molecule has 19 heavy (non-hydrogen) atoms. The molecule has 0 spiro atoms. The second kappa shape index (κ2) is 6.46. The van der Waals surface area contributed by atoms with E-state index in [0.29, 0.717) is 6.61 Å². The maximum absolute atomic E-state index is 14.1. The maximum atomic E-state index is 14.1. The first kappa shape index (κ1) is 14.4. The van der Waals surface area contributed by atoms with Crippen molar-refractivity contribution in [3.8, 4) is 0 Å². The minimum absolute atomic E-state index is 0.157. The molecule has 0 amide bonds. The van der Waals surface area contributed by atoms with Crippen LogP contribution in [0.25, 0.3) is 0 Å². The summed E-state index contributed by atoms with van der Waals surface area (Å²) in [5.41, 5.74) is 1.04. The molecule has 2 rings (SSSR count). The molecule has 1 aliphatic heterocycles. The normalized spacial score (nSPS) is 35.3. The molecule has 5 unspecified atom stereocenters. The Morgan fingerprint density at radius 1 is 1.21 bits per heavy atom. The second-order valence-electron chi connectivity index (χ2n) is 5.23. The van der Waals surface area contributed by atoms with Crippen LogP contribution in [-0.4, -0.2) is 30.3 Å². The van der Waals surface area contributed by atoms with E-state index in [0.717, 1.165) is 5.56 Å². The van der Waals surface area contributed by atoms with Crippen molar-refractivity contribution >= 4 is 0 Å². The SMILES string of the molecule is CC1C(O)OC(COCc2ccccc2)C(F)C1C. The third kappa shape index (κ3) is 3.53. The summed E-state index contributed by atoms with van der Waals surface area (Å²) in [6.07, 6.45) is -2.70. The van der Waals surface area contributed by atoms with Crippen molar-refractivity contribution in [2.75, 3.05) is 6.61 Å². The molecule has 106 valence electrons. The summed E-state index contributed by atoms with van der Waals surface area (Å²) in [6, 6.07) is 9.70. The molecular formula is C15H21FO3. The van der Waals surface area contributed by atoms with Crippen molar-refractivity contribution in [1.29, 1.82) is 0 Å². The number of aliphatic hydroxyl groups is 1. The van der Waals surface area contributed by atoms with Gasteiger partial charge in [0.15, 0.2) is 6.29 Å². The summed E-state index contributed by atoms with van der Waals surface area (Å²) < 4.78 is 24.8. The van der Waals surface area contributed by atoms with Crippen LogP contribution in [0, 0.1) is 11.8 Å². The van der Waals surface area contributed by atoms with Crippen LogP contribution in [0.4, 0.5) is 4.39 Å². The van der Waals surface area contributed by atoms with E-state index >= 15 is 0 Å². The third-order valence-corrected chi connectivity index (χ3v) is 3.84. The van der Waals surface area contributed by atoms with Gasteiger partial charge in [-0.3, -0.25) is 0 Å². The lowest BCUT2D eigenvalue weighted by Crippen LogP contribution is -2.49. The van der Waals surface area contributed by atoms with Gasteiger partial charge in [-0.2, -0.15) is 0 Å². The van der Waals surface area contributed by atoms with E-state index in [9.17, 15) is 9.50 Å². The minimum Gasteiger partial charge on any atom is -0.374 e. The highest BCUT2D eigenvalue weighted by Gasteiger charge is 2.41. The predicted molar refractivity (Wildman–Crippen MR) is 70.2 cm³/mol. The quantitative estimate of drug-likeness (QED) is 0.912. The molecule has 1 aromatic rings. The Balaban J connectivity index is 1.82. The number of rotatable bonds is 4. The van der Waals surface area contributed by atoms with E-state index in [2.05, 4.69) is 0 Å². The molecule has 1 fully saturated rings. The Hall–Kier alpha value is -0.970. The van der Waals surface area contributed by atoms with Crippen LogP contribution in [0.2, 0.25) is 0 Å². The smallest absolute Gasteiger partial charge is 0.158 e. The number of hydrogen-bond donors (Lipinski definition) is 1. The number of halogens is 1. The fourth-order valence-corrected chi connectivity index (χ4v) is 2.26. The minimum atomic E-state index is -1.10. The van der Waals surface area contributed by atoms with E-state index in [1.807, 2.05) is 30.3 Å². The lowest BCUT2D eigenvalue weighted by atomic mass is 9.86. The topological polar surface area (TPSA) is 38.7 Å². The summed E-state index contributed by atoms with van der Waals surface area (Å²) in [7, 11) is 0. The van der Waals surface area contributed by atoms with Gasteiger partial charge in [0.05, 0.1) is 13.2 Å². The molecule has 0 bridgehead atoms. The molecule has 0 saturated carbocycles. The standard InChI is InChI=1S/C15H21FO3/c1-10-11(2)15(17)19-13(14(10)16)9-18-8-12-6-4-3-5-7-12/h3-7,10-11,13-15,17H,8-9H2,1-2H3. The fraction of sp³-hybridized carbons (Fsp3) is 0.600. The van der Waals surface area contributed by atoms with Crippen molar-refractivity contribution in [2.24, 2.45) is 11.8 Å². The molecule has 0 aliphatic carbocycles. The summed E-state index contributed by atoms with van der Waals surface area (Å²) in [6.45, 7) is 4.17. The third-order valence-electron chi connectivity index (χ3n) is 3.84. The molecule has 1 aromatic carbocycles. The monoisotopic (exact) mass is 268 g/mol. The van der Waals surface area contributed by atoms with Crippen molar-refractivity contribution in [3.63, 3.8) is 0 Å². The zero-order valence-electron chi connectivity index (χ0n) is 11.3. The first-order chi connectivity index (χ1) is 9.09. The van der Waals surface area contributed by atoms with Crippen LogP contribution in [0.3, 0.4) is 0 Å². The van der Waals surface area contributed by atoms with Crippen LogP contribution < -0.4 is 0 Å². The van der Waals surface area contributed by atoms with Crippen LogP contribution in [0.1, 0.15) is 19.4 Å². The van der Waals surface area contributed by atoms with Crippen molar-refractivity contribution < 1.29 is 19.0 Å². The van der Waals surface area contributed by atoms with Crippen LogP contribution in [0.15, 0.2) is 30.3 Å². The number of hydrogen-bond acceptors (Lipinski definition) is 3. The van der Waals surface area contributed by atoms with Gasteiger partial charge in [0.2, 0.25) is 0 Å². The molecule has 1 saturated heterocycles. The maximum Gasteiger partial charge on any atom is 0.158 e. The average molecular weight is 268 g/mol. The lowest BCUT2D eigenvalue weighted by molar-refractivity contribution is -0.240. The zero-order chi connectivity index (χ0) is 13.8. The van der Waals surface area contributed by atoms with Gasteiger partial charge in [0.25, 0.3) is 0 Å². The first-order valence-electron chi connectivity index (χ1n) is 6.69. The molecule has 0 radical (unpaired) electrons. The Bertz CT molecular complexity index is 384. The van der Waals surface area contributed by atoms with Gasteiger partial charge < -0.3 is 14.6 Å². The van der Waals surface area contributed by atoms with Gasteiger partial charge in [-0.1, -0.05) is 44.2 Å². The Morgan fingerprint density at radius 2 is 1.89 bits per heavy atom. The fourth-order valence-electron chi connectivity index (χ4n) is 2.26. The van der Waals surface area contributed by atoms with Crippen molar-refractivity contribution in [2.45, 2.75) is 39.0 Å². The molecular weight excluding hydrogens is 247 g/mol. The summed E-state index contributed by atoms with van der Waals surface area (Å²) in [4.78, 5) is 0. The van der Waals surface area contributed by atoms with E-state index in [1.165, 1.54) is 0 Å². The van der Waals surface area contributed by atoms with Crippen molar-refractivity contribution in [1.82, 2.24) is 0 Å². The Morgan fingerprint density at radius 3 is 2.58 bits per heavy atom. The van der Waals surface area contributed by atoms with Gasteiger partial charge >= 0.3 is 0 Å². The van der Waals surface area contributed by atoms with E-state index in [1.54, 1.807) is 13.8 Å². The highest BCUT2D eigenvalue weighted by atomic mass is 19.1. The highest BCUT2D eigenvalue weighted by molar-refractivity contribution is 5.13. The van der Waals surface area contributed by atoms with Crippen LogP contribution in [0.5, 0.6) is 0 Å². The number of ether oxygens (including phenoxy) is 2.